The Labute approximate surface area is 235 Å². The van der Waals surface area contributed by atoms with E-state index in [1.54, 1.807) is 19.2 Å². The molecule has 3 unspecified atom stereocenters. The molecule has 1 saturated carbocycles. The topological polar surface area (TPSA) is 90.9 Å². The average Bonchev–Trinajstić information content (AvgIpc) is 3.75. The molecular weight excluding hydrogens is 509 g/mol. The second kappa shape index (κ2) is 13.0. The predicted molar refractivity (Wildman–Crippen MR) is 151 cm³/mol. The van der Waals surface area contributed by atoms with Crippen molar-refractivity contribution in [3.05, 3.63) is 65.0 Å². The van der Waals surface area contributed by atoms with Gasteiger partial charge in [-0.25, -0.2) is 4.39 Å². The van der Waals surface area contributed by atoms with Crippen LogP contribution in [0.5, 0.6) is 5.75 Å². The molecule has 40 heavy (non-hydrogen) atoms. The maximum Gasteiger partial charge on any atom is 0.244 e. The van der Waals surface area contributed by atoms with Crippen molar-refractivity contribution in [2.24, 2.45) is 0 Å². The smallest absolute Gasteiger partial charge is 0.244 e. The SMILES string of the molecule is C#CCC1C(=O)NC(C(O)CNC2(c3cccc(C#C)c3)CC2)Cc2ccc(c(F)c2)OCCCCC(=O)N1C. The number of ether oxygens (including phenoxy) is 1. The van der Waals surface area contributed by atoms with Crippen LogP contribution in [0, 0.1) is 30.5 Å². The Balaban J connectivity index is 1.57. The molecule has 3 aliphatic rings. The number of hydrogen-bond acceptors (Lipinski definition) is 5. The summed E-state index contributed by atoms with van der Waals surface area (Å²) in [6.45, 7) is 0.435. The number of aliphatic hydroxyl groups excluding tert-OH is 1. The zero-order valence-electron chi connectivity index (χ0n) is 22.8. The number of amides is 2. The summed E-state index contributed by atoms with van der Waals surface area (Å²) < 4.78 is 20.4. The highest BCUT2D eigenvalue weighted by Crippen LogP contribution is 2.45. The Morgan fingerprint density at radius 3 is 2.73 bits per heavy atom. The van der Waals surface area contributed by atoms with E-state index in [-0.39, 0.29) is 49.6 Å². The first-order valence-electron chi connectivity index (χ1n) is 13.7. The number of carbonyl (C=O) groups excluding carboxylic acids is 2. The summed E-state index contributed by atoms with van der Waals surface area (Å²) in [7, 11) is 1.56. The van der Waals surface area contributed by atoms with Gasteiger partial charge in [-0.15, -0.1) is 18.8 Å². The number of likely N-dealkylation sites (N-methyl/N-ethyl adjacent to an activating group) is 1. The zero-order valence-corrected chi connectivity index (χ0v) is 22.8. The summed E-state index contributed by atoms with van der Waals surface area (Å²) in [6.07, 6.45) is 13.3. The van der Waals surface area contributed by atoms with Crippen LogP contribution < -0.4 is 15.4 Å². The van der Waals surface area contributed by atoms with Crippen molar-refractivity contribution in [1.82, 2.24) is 15.5 Å². The van der Waals surface area contributed by atoms with Gasteiger partial charge >= 0.3 is 0 Å². The summed E-state index contributed by atoms with van der Waals surface area (Å²) >= 11 is 0. The van der Waals surface area contributed by atoms with Crippen LogP contribution in [0.4, 0.5) is 4.39 Å². The molecule has 2 aromatic carbocycles. The molecule has 8 heteroatoms. The average molecular weight is 546 g/mol. The molecule has 3 atom stereocenters. The lowest BCUT2D eigenvalue weighted by Crippen LogP contribution is -2.55. The summed E-state index contributed by atoms with van der Waals surface area (Å²) in [5.41, 5.74) is 2.11. The molecule has 2 heterocycles. The molecule has 210 valence electrons. The number of nitrogens with zero attached hydrogens (tertiary/aromatic N) is 1. The fraction of sp³-hybridized carbons (Fsp3) is 0.438. The van der Waals surface area contributed by atoms with Crippen molar-refractivity contribution in [1.29, 1.82) is 0 Å². The lowest BCUT2D eigenvalue weighted by atomic mass is 9.98. The summed E-state index contributed by atoms with van der Waals surface area (Å²) in [6, 6.07) is 10.7. The van der Waals surface area contributed by atoms with E-state index in [0.29, 0.717) is 18.4 Å². The van der Waals surface area contributed by atoms with E-state index in [1.807, 2.05) is 24.3 Å². The van der Waals surface area contributed by atoms with Gasteiger partial charge in [-0.1, -0.05) is 24.1 Å². The molecule has 1 fully saturated rings. The number of aliphatic hydroxyl groups is 1. The van der Waals surface area contributed by atoms with E-state index < -0.39 is 29.9 Å². The van der Waals surface area contributed by atoms with Gasteiger partial charge in [0.2, 0.25) is 11.8 Å². The first-order valence-corrected chi connectivity index (χ1v) is 13.7. The van der Waals surface area contributed by atoms with Crippen LogP contribution in [0.15, 0.2) is 42.5 Å². The quantitative estimate of drug-likeness (QED) is 0.486. The second-order valence-corrected chi connectivity index (χ2v) is 10.6. The van der Waals surface area contributed by atoms with Gasteiger partial charge in [0.1, 0.15) is 6.04 Å². The fourth-order valence-corrected chi connectivity index (χ4v) is 5.07. The van der Waals surface area contributed by atoms with Crippen LogP contribution in [0.2, 0.25) is 0 Å². The monoisotopic (exact) mass is 545 g/mol. The molecule has 5 rings (SSSR count). The van der Waals surface area contributed by atoms with Gasteiger partial charge in [-0.3, -0.25) is 9.59 Å². The minimum Gasteiger partial charge on any atom is -0.491 e. The molecule has 2 bridgehead atoms. The second-order valence-electron chi connectivity index (χ2n) is 10.6. The van der Waals surface area contributed by atoms with Crippen molar-refractivity contribution in [3.8, 4) is 30.4 Å². The van der Waals surface area contributed by atoms with Gasteiger partial charge in [0.25, 0.3) is 0 Å². The van der Waals surface area contributed by atoms with Gasteiger partial charge in [0.05, 0.1) is 18.8 Å². The van der Waals surface area contributed by atoms with E-state index in [4.69, 9.17) is 17.6 Å². The number of halogens is 1. The predicted octanol–water partition coefficient (Wildman–Crippen LogP) is 2.89. The van der Waals surface area contributed by atoms with E-state index in [1.165, 1.54) is 11.0 Å². The minimum atomic E-state index is -1.03. The van der Waals surface area contributed by atoms with Crippen LogP contribution in [0.25, 0.3) is 0 Å². The number of benzene rings is 2. The van der Waals surface area contributed by atoms with Crippen LogP contribution >= 0.6 is 0 Å². The molecule has 1 aliphatic carbocycles. The van der Waals surface area contributed by atoms with Crippen molar-refractivity contribution in [2.75, 3.05) is 20.2 Å². The number of terminal acetylenes is 2. The van der Waals surface area contributed by atoms with Crippen LogP contribution in [0.1, 0.15) is 55.2 Å². The lowest BCUT2D eigenvalue weighted by Gasteiger charge is -2.31. The maximum atomic E-state index is 14.8. The first kappa shape index (κ1) is 29.1. The summed E-state index contributed by atoms with van der Waals surface area (Å²) in [4.78, 5) is 27.6. The molecule has 0 spiro atoms. The van der Waals surface area contributed by atoms with E-state index in [2.05, 4.69) is 22.5 Å². The Morgan fingerprint density at radius 2 is 2.02 bits per heavy atom. The Hall–Kier alpha value is -3.85. The fourth-order valence-electron chi connectivity index (χ4n) is 5.07. The number of nitrogens with one attached hydrogen (secondary N) is 2. The molecule has 0 aromatic heterocycles. The molecular formula is C32H36FN3O4. The lowest BCUT2D eigenvalue weighted by molar-refractivity contribution is -0.139. The van der Waals surface area contributed by atoms with Gasteiger partial charge in [-0.2, -0.15) is 0 Å². The normalized spacial score (nSPS) is 22.0. The van der Waals surface area contributed by atoms with Crippen molar-refractivity contribution >= 4 is 11.8 Å². The maximum absolute atomic E-state index is 14.8. The van der Waals surface area contributed by atoms with E-state index in [9.17, 15) is 19.1 Å². The first-order chi connectivity index (χ1) is 19.3. The van der Waals surface area contributed by atoms with E-state index in [0.717, 1.165) is 24.0 Å². The Kier molecular flexibility index (Phi) is 9.47. The molecule has 2 aliphatic heterocycles. The molecule has 0 radical (unpaired) electrons. The summed E-state index contributed by atoms with van der Waals surface area (Å²) in [5, 5.41) is 17.7. The van der Waals surface area contributed by atoms with Crippen molar-refractivity contribution in [3.63, 3.8) is 0 Å². The van der Waals surface area contributed by atoms with Gasteiger partial charge in [0, 0.05) is 37.5 Å². The number of fused-ring (bicyclic) bond motifs is 13. The van der Waals surface area contributed by atoms with Crippen LogP contribution in [-0.4, -0.2) is 60.2 Å². The van der Waals surface area contributed by atoms with E-state index >= 15 is 0 Å². The molecule has 7 nitrogen and oxygen atoms in total. The number of rotatable bonds is 6. The highest BCUT2D eigenvalue weighted by Gasteiger charge is 2.44. The molecule has 2 aromatic rings. The summed E-state index contributed by atoms with van der Waals surface area (Å²) in [5.74, 6) is 4.06. The number of carbonyl (C=O) groups is 2. The third-order valence-corrected chi connectivity index (χ3v) is 7.74. The highest BCUT2D eigenvalue weighted by atomic mass is 19.1. The highest BCUT2D eigenvalue weighted by molar-refractivity contribution is 5.88. The zero-order chi connectivity index (χ0) is 28.7. The molecule has 2 amide bonds. The van der Waals surface area contributed by atoms with Crippen molar-refractivity contribution in [2.45, 2.75) is 68.7 Å². The third-order valence-electron chi connectivity index (χ3n) is 7.74. The molecule has 0 saturated heterocycles. The minimum absolute atomic E-state index is 0.0240. The Bertz CT molecular complexity index is 1310. The van der Waals surface area contributed by atoms with Crippen LogP contribution in [0.3, 0.4) is 0 Å². The van der Waals surface area contributed by atoms with Gasteiger partial charge < -0.3 is 25.4 Å². The standard InChI is InChI=1S/C32H36FN3O4/c1-4-9-27-31(39)35-26(28(37)21-34-32(15-16-32)24-11-8-10-22(5-2)18-24)20-23-13-14-29(25(33)19-23)40-17-7-6-12-30(38)36(27)3/h1-2,8,10-11,13-14,18-19,26-28,34,37H,6-7,9,12,15-17,20-21H2,3H3,(H,35,39). The van der Waals surface area contributed by atoms with Gasteiger partial charge in [0.15, 0.2) is 11.6 Å². The van der Waals surface area contributed by atoms with Crippen molar-refractivity contribution < 1.29 is 23.8 Å². The molecule has 3 N–H and O–H groups in total. The third kappa shape index (κ3) is 7.01. The van der Waals surface area contributed by atoms with Gasteiger partial charge in [-0.05, 0) is 67.5 Å². The Morgan fingerprint density at radius 1 is 1.23 bits per heavy atom. The largest absolute Gasteiger partial charge is 0.491 e. The van der Waals surface area contributed by atoms with Crippen LogP contribution in [-0.2, 0) is 21.5 Å². The number of hydrogen-bond donors (Lipinski definition) is 3.